The van der Waals surface area contributed by atoms with E-state index in [4.69, 9.17) is 4.42 Å². The highest BCUT2D eigenvalue weighted by molar-refractivity contribution is 5.79. The van der Waals surface area contributed by atoms with E-state index < -0.39 is 0 Å². The zero-order valence-electron chi connectivity index (χ0n) is 17.2. The molecule has 1 saturated heterocycles. The minimum Gasteiger partial charge on any atom is -0.469 e. The van der Waals surface area contributed by atoms with E-state index in [-0.39, 0.29) is 0 Å². The third-order valence-corrected chi connectivity index (χ3v) is 5.27. The molecule has 0 atom stereocenters. The number of rotatable bonds is 8. The number of likely N-dealkylation sites (N-methyl/N-ethyl adjacent to an activating group) is 1. The Morgan fingerprint density at radius 1 is 1.00 bits per heavy atom. The number of nitrogens with one attached hydrogen (secondary N) is 2. The van der Waals surface area contributed by atoms with Crippen LogP contribution in [0.2, 0.25) is 0 Å². The maximum atomic E-state index is 5.35. The number of furan rings is 1. The minimum absolute atomic E-state index is 0.760. The molecule has 1 aliphatic rings. The van der Waals surface area contributed by atoms with E-state index in [1.807, 2.05) is 12.1 Å². The van der Waals surface area contributed by atoms with E-state index in [9.17, 15) is 0 Å². The summed E-state index contributed by atoms with van der Waals surface area (Å²) >= 11 is 0. The first kappa shape index (κ1) is 20.4. The van der Waals surface area contributed by atoms with Crippen molar-refractivity contribution in [1.82, 2.24) is 20.4 Å². The van der Waals surface area contributed by atoms with Gasteiger partial charge in [-0.25, -0.2) is 0 Å². The summed E-state index contributed by atoms with van der Waals surface area (Å²) in [5, 5.41) is 6.69. The van der Waals surface area contributed by atoms with Gasteiger partial charge in [0, 0.05) is 59.3 Å². The summed E-state index contributed by atoms with van der Waals surface area (Å²) in [6, 6.07) is 12.8. The molecule has 2 N–H and O–H groups in total. The number of hydrogen-bond donors (Lipinski definition) is 2. The molecule has 6 nitrogen and oxygen atoms in total. The summed E-state index contributed by atoms with van der Waals surface area (Å²) in [6.07, 6.45) is 2.55. The zero-order valence-corrected chi connectivity index (χ0v) is 17.2. The quantitative estimate of drug-likeness (QED) is 0.541. The first-order valence-electron chi connectivity index (χ1n) is 10.3. The molecule has 0 radical (unpaired) electrons. The van der Waals surface area contributed by atoms with Crippen molar-refractivity contribution in [1.29, 1.82) is 0 Å². The van der Waals surface area contributed by atoms with Gasteiger partial charge in [-0.15, -0.1) is 0 Å². The normalized spacial score (nSPS) is 16.3. The summed E-state index contributed by atoms with van der Waals surface area (Å²) in [7, 11) is 1.80. The van der Waals surface area contributed by atoms with Gasteiger partial charge in [-0.2, -0.15) is 0 Å². The Kier molecular flexibility index (Phi) is 7.94. The van der Waals surface area contributed by atoms with E-state index in [0.717, 1.165) is 57.4 Å². The first-order valence-corrected chi connectivity index (χ1v) is 10.3. The molecule has 28 heavy (non-hydrogen) atoms. The van der Waals surface area contributed by atoms with Crippen molar-refractivity contribution >= 4 is 5.96 Å². The highest BCUT2D eigenvalue weighted by Gasteiger charge is 2.15. The molecule has 0 unspecified atom stereocenters. The Labute approximate surface area is 168 Å². The molecule has 6 heteroatoms. The Hall–Kier alpha value is -2.31. The predicted molar refractivity (Wildman–Crippen MR) is 114 cm³/mol. The van der Waals surface area contributed by atoms with E-state index in [1.165, 1.54) is 24.2 Å². The van der Waals surface area contributed by atoms with Crippen LogP contribution in [0.3, 0.4) is 0 Å². The minimum atomic E-state index is 0.760. The van der Waals surface area contributed by atoms with Crippen LogP contribution in [-0.4, -0.2) is 62.1 Å². The molecule has 1 aromatic heterocycles. The standard InChI is InChI=1S/C22H33N5O/c1-3-26-12-14-27(15-13-26)18-20-8-6-19(7-9-20)17-25-22(23-2)24-11-10-21-5-4-16-28-21/h4-9,16H,3,10-15,17-18H2,1-2H3,(H2,23,24,25). The maximum absolute atomic E-state index is 5.35. The van der Waals surface area contributed by atoms with Gasteiger partial charge >= 0.3 is 0 Å². The van der Waals surface area contributed by atoms with Crippen LogP contribution in [0.5, 0.6) is 0 Å². The van der Waals surface area contributed by atoms with Gasteiger partial charge in [0.1, 0.15) is 5.76 Å². The number of aliphatic imine (C=N–C) groups is 1. The molecule has 3 rings (SSSR count). The third kappa shape index (κ3) is 6.39. The van der Waals surface area contributed by atoms with Crippen LogP contribution in [0.25, 0.3) is 0 Å². The molecule has 1 aromatic carbocycles. The Morgan fingerprint density at radius 3 is 2.36 bits per heavy atom. The Morgan fingerprint density at radius 2 is 1.71 bits per heavy atom. The van der Waals surface area contributed by atoms with Crippen molar-refractivity contribution in [3.8, 4) is 0 Å². The van der Waals surface area contributed by atoms with Crippen molar-refractivity contribution in [3.05, 3.63) is 59.5 Å². The van der Waals surface area contributed by atoms with Gasteiger partial charge in [-0.3, -0.25) is 9.89 Å². The molecule has 2 heterocycles. The van der Waals surface area contributed by atoms with Crippen molar-refractivity contribution in [2.45, 2.75) is 26.4 Å². The summed E-state index contributed by atoms with van der Waals surface area (Å²) in [5.74, 6) is 1.79. The monoisotopic (exact) mass is 383 g/mol. The molecular weight excluding hydrogens is 350 g/mol. The SMILES string of the molecule is CCN1CCN(Cc2ccc(CNC(=NC)NCCc3ccco3)cc2)CC1. The Bertz CT molecular complexity index is 703. The van der Waals surface area contributed by atoms with E-state index in [0.29, 0.717) is 0 Å². The van der Waals surface area contributed by atoms with Crippen molar-refractivity contribution in [3.63, 3.8) is 0 Å². The van der Waals surface area contributed by atoms with Gasteiger partial charge in [0.05, 0.1) is 6.26 Å². The van der Waals surface area contributed by atoms with Gasteiger partial charge in [-0.1, -0.05) is 31.2 Å². The second-order valence-corrected chi connectivity index (χ2v) is 7.21. The lowest BCUT2D eigenvalue weighted by atomic mass is 10.1. The molecule has 0 amide bonds. The summed E-state index contributed by atoms with van der Waals surface area (Å²) < 4.78 is 5.35. The summed E-state index contributed by atoms with van der Waals surface area (Å²) in [5.41, 5.74) is 2.64. The predicted octanol–water partition coefficient (Wildman–Crippen LogP) is 2.32. The lowest BCUT2D eigenvalue weighted by molar-refractivity contribution is 0.132. The molecule has 1 fully saturated rings. The largest absolute Gasteiger partial charge is 0.469 e. The number of hydrogen-bond acceptors (Lipinski definition) is 4. The highest BCUT2D eigenvalue weighted by atomic mass is 16.3. The fourth-order valence-electron chi connectivity index (χ4n) is 3.45. The molecule has 2 aromatic rings. The van der Waals surface area contributed by atoms with Gasteiger partial charge in [0.2, 0.25) is 0 Å². The van der Waals surface area contributed by atoms with Crippen molar-refractivity contribution < 1.29 is 4.42 Å². The van der Waals surface area contributed by atoms with Crippen molar-refractivity contribution in [2.24, 2.45) is 4.99 Å². The highest BCUT2D eigenvalue weighted by Crippen LogP contribution is 2.10. The van der Waals surface area contributed by atoms with Crippen LogP contribution < -0.4 is 10.6 Å². The number of nitrogens with zero attached hydrogens (tertiary/aromatic N) is 3. The van der Waals surface area contributed by atoms with E-state index in [2.05, 4.69) is 56.6 Å². The van der Waals surface area contributed by atoms with Crippen LogP contribution in [0.1, 0.15) is 23.8 Å². The smallest absolute Gasteiger partial charge is 0.191 e. The topological polar surface area (TPSA) is 56.0 Å². The van der Waals surface area contributed by atoms with Crippen LogP contribution in [-0.2, 0) is 19.5 Å². The lowest BCUT2D eigenvalue weighted by Gasteiger charge is -2.34. The lowest BCUT2D eigenvalue weighted by Crippen LogP contribution is -2.45. The maximum Gasteiger partial charge on any atom is 0.191 e. The van der Waals surface area contributed by atoms with Crippen LogP contribution in [0, 0.1) is 0 Å². The van der Waals surface area contributed by atoms with Gasteiger partial charge in [0.25, 0.3) is 0 Å². The second kappa shape index (κ2) is 10.9. The Balaban J connectivity index is 1.38. The number of piperazine rings is 1. The average Bonchev–Trinajstić information content (AvgIpc) is 3.26. The van der Waals surface area contributed by atoms with E-state index >= 15 is 0 Å². The van der Waals surface area contributed by atoms with Crippen LogP contribution in [0.4, 0.5) is 0 Å². The first-order chi connectivity index (χ1) is 13.8. The summed E-state index contributed by atoms with van der Waals surface area (Å²) in [6.45, 7) is 10.7. The zero-order chi connectivity index (χ0) is 19.6. The average molecular weight is 384 g/mol. The van der Waals surface area contributed by atoms with Crippen LogP contribution in [0.15, 0.2) is 52.1 Å². The fraction of sp³-hybridized carbons (Fsp3) is 0.500. The number of guanidine groups is 1. The molecule has 0 saturated carbocycles. The van der Waals surface area contributed by atoms with Gasteiger partial charge < -0.3 is 20.0 Å². The molecule has 0 spiro atoms. The second-order valence-electron chi connectivity index (χ2n) is 7.21. The fourth-order valence-corrected chi connectivity index (χ4v) is 3.45. The van der Waals surface area contributed by atoms with Crippen molar-refractivity contribution in [2.75, 3.05) is 46.3 Å². The van der Waals surface area contributed by atoms with Gasteiger partial charge in [-0.05, 0) is 29.8 Å². The summed E-state index contributed by atoms with van der Waals surface area (Å²) in [4.78, 5) is 9.34. The molecular formula is C22H33N5O. The van der Waals surface area contributed by atoms with Gasteiger partial charge in [0.15, 0.2) is 5.96 Å². The van der Waals surface area contributed by atoms with Crippen LogP contribution >= 0.6 is 0 Å². The molecule has 0 aliphatic carbocycles. The molecule has 1 aliphatic heterocycles. The molecule has 0 bridgehead atoms. The van der Waals surface area contributed by atoms with E-state index in [1.54, 1.807) is 13.3 Å². The molecule has 152 valence electrons. The number of benzene rings is 1. The third-order valence-electron chi connectivity index (χ3n) is 5.27.